The van der Waals surface area contributed by atoms with Crippen LogP contribution in [0.25, 0.3) is 11.0 Å². The molecule has 0 aliphatic carbocycles. The van der Waals surface area contributed by atoms with Crippen molar-refractivity contribution in [3.8, 4) is 0 Å². The Kier molecular flexibility index (Phi) is 1.88. The van der Waals surface area contributed by atoms with Crippen molar-refractivity contribution in [2.45, 2.75) is 19.9 Å². The van der Waals surface area contributed by atoms with Gasteiger partial charge in [0, 0.05) is 6.04 Å². The molecule has 0 aliphatic heterocycles. The number of rotatable bonds is 1. The third kappa shape index (κ3) is 1.25. The summed E-state index contributed by atoms with van der Waals surface area (Å²) in [5.41, 5.74) is 0.891. The summed E-state index contributed by atoms with van der Waals surface area (Å²) in [6, 6.07) is 0.312. The van der Waals surface area contributed by atoms with Crippen LogP contribution in [0.5, 0.6) is 0 Å². The molecule has 0 spiro atoms. The van der Waals surface area contributed by atoms with Crippen LogP contribution in [-0.4, -0.2) is 20.0 Å². The minimum Gasteiger partial charge on any atom is -0.261 e. The Morgan fingerprint density at radius 2 is 2.23 bits per heavy atom. The van der Waals surface area contributed by atoms with E-state index in [1.54, 1.807) is 12.4 Å². The van der Waals surface area contributed by atoms with Gasteiger partial charge in [0.2, 0.25) is 0 Å². The molecule has 0 atom stereocenters. The Hall–Kier alpha value is -1.23. The number of aromatic nitrogens is 4. The summed E-state index contributed by atoms with van der Waals surface area (Å²) < 4.78 is 2.61. The summed E-state index contributed by atoms with van der Waals surface area (Å²) >= 11 is 5.12. The zero-order chi connectivity index (χ0) is 9.42. The van der Waals surface area contributed by atoms with Crippen molar-refractivity contribution < 1.29 is 0 Å². The van der Waals surface area contributed by atoms with Crippen LogP contribution in [0.3, 0.4) is 0 Å². The van der Waals surface area contributed by atoms with Gasteiger partial charge in [0.25, 0.3) is 0 Å². The fraction of sp³-hybridized carbons (Fsp3) is 0.375. The Balaban J connectivity index is 2.83. The molecule has 0 saturated heterocycles. The number of hydrogen-bond donors (Lipinski definition) is 1. The minimum absolute atomic E-state index is 0.312. The molecule has 0 bridgehead atoms. The summed E-state index contributed by atoms with van der Waals surface area (Å²) in [5, 5.41) is 12.0. The molecule has 0 radical (unpaired) electrons. The molecule has 13 heavy (non-hydrogen) atoms. The summed E-state index contributed by atoms with van der Waals surface area (Å²) in [6.07, 6.45) is 3.40. The van der Waals surface area contributed by atoms with E-state index in [0.717, 1.165) is 15.5 Å². The molecule has 2 aromatic heterocycles. The Morgan fingerprint density at radius 1 is 1.46 bits per heavy atom. The first-order chi connectivity index (χ1) is 6.20. The molecule has 0 amide bonds. The average Bonchev–Trinajstić information content (AvgIpc) is 2.48. The van der Waals surface area contributed by atoms with Gasteiger partial charge in [-0.2, -0.15) is 10.2 Å². The van der Waals surface area contributed by atoms with Crippen LogP contribution in [0, 0.1) is 4.51 Å². The molecular formula is C8H10N4S. The molecule has 2 rings (SSSR count). The van der Waals surface area contributed by atoms with E-state index in [9.17, 15) is 0 Å². The van der Waals surface area contributed by atoms with Crippen molar-refractivity contribution in [2.75, 3.05) is 0 Å². The van der Waals surface area contributed by atoms with Crippen LogP contribution in [0.1, 0.15) is 19.9 Å². The summed E-state index contributed by atoms with van der Waals surface area (Å²) in [6.45, 7) is 4.13. The molecule has 0 aliphatic rings. The largest absolute Gasteiger partial charge is 0.261 e. The molecule has 2 heterocycles. The lowest BCUT2D eigenvalue weighted by Gasteiger charge is -2.05. The van der Waals surface area contributed by atoms with Crippen molar-refractivity contribution in [1.29, 1.82) is 0 Å². The van der Waals surface area contributed by atoms with Gasteiger partial charge in [0.15, 0.2) is 5.65 Å². The maximum absolute atomic E-state index is 5.12. The van der Waals surface area contributed by atoms with Gasteiger partial charge >= 0.3 is 0 Å². The highest BCUT2D eigenvalue weighted by atomic mass is 32.1. The lowest BCUT2D eigenvalue weighted by atomic mass is 10.4. The summed E-state index contributed by atoms with van der Waals surface area (Å²) in [7, 11) is 0. The molecular weight excluding hydrogens is 184 g/mol. The van der Waals surface area contributed by atoms with E-state index in [2.05, 4.69) is 29.1 Å². The zero-order valence-corrected chi connectivity index (χ0v) is 8.30. The van der Waals surface area contributed by atoms with Gasteiger partial charge in [-0.25, -0.2) is 4.68 Å². The van der Waals surface area contributed by atoms with Crippen molar-refractivity contribution in [3.05, 3.63) is 16.9 Å². The first kappa shape index (κ1) is 8.37. The molecule has 2 aromatic rings. The zero-order valence-electron chi connectivity index (χ0n) is 7.48. The fourth-order valence-electron chi connectivity index (χ4n) is 1.27. The van der Waals surface area contributed by atoms with Gasteiger partial charge in [-0.05, 0) is 13.8 Å². The van der Waals surface area contributed by atoms with Crippen LogP contribution in [0.2, 0.25) is 0 Å². The van der Waals surface area contributed by atoms with Gasteiger partial charge in [-0.3, -0.25) is 5.10 Å². The third-order valence-electron chi connectivity index (χ3n) is 1.90. The van der Waals surface area contributed by atoms with Gasteiger partial charge in [0.1, 0.15) is 0 Å². The van der Waals surface area contributed by atoms with E-state index in [1.807, 2.05) is 4.68 Å². The van der Waals surface area contributed by atoms with Crippen molar-refractivity contribution >= 4 is 23.3 Å². The predicted molar refractivity (Wildman–Crippen MR) is 53.1 cm³/mol. The number of fused-ring (bicyclic) bond motifs is 1. The number of hydrogen-bond acceptors (Lipinski definition) is 3. The van der Waals surface area contributed by atoms with Crippen LogP contribution in [-0.2, 0) is 0 Å². The molecule has 0 unspecified atom stereocenters. The highest BCUT2D eigenvalue weighted by molar-refractivity contribution is 7.71. The van der Waals surface area contributed by atoms with Gasteiger partial charge in [-0.1, -0.05) is 12.2 Å². The first-order valence-electron chi connectivity index (χ1n) is 4.11. The lowest BCUT2D eigenvalue weighted by molar-refractivity contribution is 0.544. The summed E-state index contributed by atoms with van der Waals surface area (Å²) in [4.78, 5) is 0. The van der Waals surface area contributed by atoms with Gasteiger partial charge < -0.3 is 0 Å². The molecule has 4 nitrogen and oxygen atoms in total. The predicted octanol–water partition coefficient (Wildman–Crippen LogP) is 2.07. The highest BCUT2D eigenvalue weighted by Gasteiger charge is 2.06. The molecule has 0 saturated carbocycles. The average molecular weight is 194 g/mol. The number of nitrogens with one attached hydrogen (secondary N) is 1. The van der Waals surface area contributed by atoms with Crippen molar-refractivity contribution in [3.63, 3.8) is 0 Å². The maximum atomic E-state index is 5.12. The van der Waals surface area contributed by atoms with E-state index in [4.69, 9.17) is 12.2 Å². The van der Waals surface area contributed by atoms with E-state index in [0.29, 0.717) is 6.04 Å². The molecule has 5 heteroatoms. The molecule has 68 valence electrons. The van der Waals surface area contributed by atoms with E-state index in [1.165, 1.54) is 0 Å². The van der Waals surface area contributed by atoms with E-state index in [-0.39, 0.29) is 0 Å². The molecule has 1 N–H and O–H groups in total. The topological polar surface area (TPSA) is 46.5 Å². The first-order valence-corrected chi connectivity index (χ1v) is 4.52. The SMILES string of the molecule is CC(C)n1ncc2c(=S)cn[nH]c21. The normalized spacial score (nSPS) is 11.3. The monoisotopic (exact) mass is 194 g/mol. The molecule has 0 fully saturated rings. The second-order valence-corrected chi connectivity index (χ2v) is 3.62. The Bertz CT molecular complexity index is 482. The second kappa shape index (κ2) is 2.92. The highest BCUT2D eigenvalue weighted by Crippen LogP contribution is 2.14. The van der Waals surface area contributed by atoms with E-state index >= 15 is 0 Å². The Labute approximate surface area is 80.6 Å². The van der Waals surface area contributed by atoms with Gasteiger partial charge in [-0.15, -0.1) is 0 Å². The standard InChI is InChI=1S/C8H10N4S/c1-5(2)12-8-6(3-10-12)7(13)4-9-11-8/h3-5H,1-2H3,(H,11,13). The van der Waals surface area contributed by atoms with Crippen LogP contribution in [0.15, 0.2) is 12.4 Å². The molecule has 0 aromatic carbocycles. The van der Waals surface area contributed by atoms with Crippen molar-refractivity contribution in [2.24, 2.45) is 0 Å². The minimum atomic E-state index is 0.312. The Morgan fingerprint density at radius 3 is 2.92 bits per heavy atom. The number of nitrogens with zero attached hydrogens (tertiary/aromatic N) is 3. The van der Waals surface area contributed by atoms with E-state index < -0.39 is 0 Å². The lowest BCUT2D eigenvalue weighted by Crippen LogP contribution is -2.03. The van der Waals surface area contributed by atoms with Crippen LogP contribution < -0.4 is 0 Å². The van der Waals surface area contributed by atoms with Gasteiger partial charge in [0.05, 0.1) is 22.3 Å². The smallest absolute Gasteiger partial charge is 0.153 e. The maximum Gasteiger partial charge on any atom is 0.153 e. The summed E-state index contributed by atoms with van der Waals surface area (Å²) in [5.74, 6) is 0. The number of aromatic amines is 1. The van der Waals surface area contributed by atoms with Crippen LogP contribution in [0.4, 0.5) is 0 Å². The quantitative estimate of drug-likeness (QED) is 0.707. The fourth-order valence-corrected chi connectivity index (χ4v) is 1.47. The third-order valence-corrected chi connectivity index (χ3v) is 2.23. The second-order valence-electron chi connectivity index (χ2n) is 3.18. The number of H-pyrrole nitrogens is 1. The van der Waals surface area contributed by atoms with Crippen LogP contribution >= 0.6 is 12.2 Å². The van der Waals surface area contributed by atoms with Crippen molar-refractivity contribution in [1.82, 2.24) is 20.0 Å².